The van der Waals surface area contributed by atoms with E-state index in [1.54, 1.807) is 7.11 Å². The first kappa shape index (κ1) is 17.5. The van der Waals surface area contributed by atoms with Gasteiger partial charge in [0.15, 0.2) is 0 Å². The zero-order chi connectivity index (χ0) is 15.0. The van der Waals surface area contributed by atoms with Crippen LogP contribution in [0.15, 0.2) is 16.6 Å². The molecule has 5 heteroatoms. The number of halogens is 3. The second-order valence-corrected chi connectivity index (χ2v) is 5.89. The molecule has 0 heterocycles. The van der Waals surface area contributed by atoms with Crippen molar-refractivity contribution in [1.29, 1.82) is 0 Å². The summed E-state index contributed by atoms with van der Waals surface area (Å²) in [6.45, 7) is 4.60. The van der Waals surface area contributed by atoms with Gasteiger partial charge in [-0.2, -0.15) is 0 Å². The second kappa shape index (κ2) is 9.42. The molecule has 0 spiro atoms. The minimum absolute atomic E-state index is 0.175. The molecule has 1 aromatic rings. The molecule has 0 aliphatic carbocycles. The van der Waals surface area contributed by atoms with Crippen molar-refractivity contribution < 1.29 is 13.5 Å². The Morgan fingerprint density at radius 1 is 1.20 bits per heavy atom. The third-order valence-electron chi connectivity index (χ3n) is 3.29. The second-order valence-electron chi connectivity index (χ2n) is 5.03. The molecule has 0 fully saturated rings. The number of ether oxygens (including phenoxy) is 1. The molecule has 0 saturated heterocycles. The predicted molar refractivity (Wildman–Crippen MR) is 80.9 cm³/mol. The molecule has 114 valence electrons. The average Bonchev–Trinajstić information content (AvgIpc) is 2.41. The van der Waals surface area contributed by atoms with Gasteiger partial charge in [0.05, 0.1) is 11.1 Å². The highest BCUT2D eigenvalue weighted by atomic mass is 79.9. The van der Waals surface area contributed by atoms with Crippen molar-refractivity contribution in [3.8, 4) is 0 Å². The molecule has 2 nitrogen and oxygen atoms in total. The van der Waals surface area contributed by atoms with Gasteiger partial charge in [0.2, 0.25) is 0 Å². The molecule has 0 aliphatic heterocycles. The Kier molecular flexibility index (Phi) is 8.26. The van der Waals surface area contributed by atoms with Crippen LogP contribution in [0.4, 0.5) is 8.78 Å². The zero-order valence-corrected chi connectivity index (χ0v) is 13.6. The van der Waals surface area contributed by atoms with Gasteiger partial charge in [-0.25, -0.2) is 8.78 Å². The van der Waals surface area contributed by atoms with Crippen molar-refractivity contribution in [2.24, 2.45) is 5.92 Å². The molecule has 0 aliphatic rings. The normalized spacial score (nSPS) is 12.7. The summed E-state index contributed by atoms with van der Waals surface area (Å²) < 4.78 is 32.1. The SMILES string of the molecule is COCCNCCC(C)CCc1cc(F)c(Br)cc1F. The fourth-order valence-corrected chi connectivity index (χ4v) is 2.26. The molecule has 0 amide bonds. The molecule has 20 heavy (non-hydrogen) atoms. The lowest BCUT2D eigenvalue weighted by molar-refractivity contribution is 0.199. The Bertz CT molecular complexity index is 415. The summed E-state index contributed by atoms with van der Waals surface area (Å²) in [6.07, 6.45) is 2.43. The van der Waals surface area contributed by atoms with Crippen molar-refractivity contribution >= 4 is 15.9 Å². The highest BCUT2D eigenvalue weighted by Gasteiger charge is 2.10. The van der Waals surface area contributed by atoms with E-state index in [9.17, 15) is 8.78 Å². The van der Waals surface area contributed by atoms with E-state index in [0.717, 1.165) is 25.9 Å². The van der Waals surface area contributed by atoms with Crippen LogP contribution >= 0.6 is 15.9 Å². The minimum atomic E-state index is -0.407. The first-order chi connectivity index (χ1) is 9.54. The summed E-state index contributed by atoms with van der Waals surface area (Å²) in [5.74, 6) is -0.282. The lowest BCUT2D eigenvalue weighted by Crippen LogP contribution is -2.21. The standard InChI is InChI=1S/C15H22BrF2NO/c1-11(5-6-19-7-8-20-2)3-4-12-9-15(18)13(16)10-14(12)17/h9-11,19H,3-8H2,1-2H3. The average molecular weight is 350 g/mol. The van der Waals surface area contributed by atoms with E-state index >= 15 is 0 Å². The molecular formula is C15H22BrF2NO. The summed E-state index contributed by atoms with van der Waals surface area (Å²) in [5.41, 5.74) is 0.449. The molecule has 1 aromatic carbocycles. The summed E-state index contributed by atoms with van der Waals surface area (Å²) in [4.78, 5) is 0. The van der Waals surface area contributed by atoms with Crippen molar-refractivity contribution in [3.63, 3.8) is 0 Å². The highest BCUT2D eigenvalue weighted by Crippen LogP contribution is 2.22. The third-order valence-corrected chi connectivity index (χ3v) is 3.90. The van der Waals surface area contributed by atoms with Crippen molar-refractivity contribution in [2.45, 2.75) is 26.2 Å². The Labute approximate surface area is 128 Å². The first-order valence-electron chi connectivity index (χ1n) is 6.87. The molecule has 1 unspecified atom stereocenters. The van der Waals surface area contributed by atoms with E-state index in [1.165, 1.54) is 12.1 Å². The molecular weight excluding hydrogens is 328 g/mol. The Morgan fingerprint density at radius 2 is 1.95 bits per heavy atom. The molecule has 0 bridgehead atoms. The largest absolute Gasteiger partial charge is 0.383 e. The van der Waals surface area contributed by atoms with Gasteiger partial charge in [-0.05, 0) is 65.4 Å². The highest BCUT2D eigenvalue weighted by molar-refractivity contribution is 9.10. The maximum absolute atomic E-state index is 13.6. The summed E-state index contributed by atoms with van der Waals surface area (Å²) >= 11 is 2.98. The fraction of sp³-hybridized carbons (Fsp3) is 0.600. The van der Waals surface area contributed by atoms with Crippen LogP contribution in [0.3, 0.4) is 0 Å². The Balaban J connectivity index is 2.30. The van der Waals surface area contributed by atoms with Gasteiger partial charge in [-0.15, -0.1) is 0 Å². The fourth-order valence-electron chi connectivity index (χ4n) is 1.95. The van der Waals surface area contributed by atoms with Crippen LogP contribution in [0.1, 0.15) is 25.3 Å². The monoisotopic (exact) mass is 349 g/mol. The quantitative estimate of drug-likeness (QED) is 0.538. The molecule has 0 aromatic heterocycles. The number of benzene rings is 1. The number of methoxy groups -OCH3 is 1. The van der Waals surface area contributed by atoms with Crippen LogP contribution in [-0.4, -0.2) is 26.8 Å². The Hall–Kier alpha value is -0.520. The van der Waals surface area contributed by atoms with Gasteiger partial charge in [0.1, 0.15) is 11.6 Å². The zero-order valence-electron chi connectivity index (χ0n) is 12.0. The van der Waals surface area contributed by atoms with Gasteiger partial charge in [-0.1, -0.05) is 6.92 Å². The maximum atomic E-state index is 13.6. The molecule has 1 atom stereocenters. The maximum Gasteiger partial charge on any atom is 0.137 e. The first-order valence-corrected chi connectivity index (χ1v) is 7.67. The van der Waals surface area contributed by atoms with Crippen LogP contribution < -0.4 is 5.32 Å². The number of rotatable bonds is 9. The minimum Gasteiger partial charge on any atom is -0.383 e. The van der Waals surface area contributed by atoms with Crippen molar-refractivity contribution in [3.05, 3.63) is 33.8 Å². The van der Waals surface area contributed by atoms with E-state index in [0.29, 0.717) is 24.5 Å². The van der Waals surface area contributed by atoms with Gasteiger partial charge < -0.3 is 10.1 Å². The number of hydrogen-bond acceptors (Lipinski definition) is 2. The van der Waals surface area contributed by atoms with Gasteiger partial charge in [0.25, 0.3) is 0 Å². The lowest BCUT2D eigenvalue weighted by atomic mass is 9.98. The van der Waals surface area contributed by atoms with Gasteiger partial charge in [0, 0.05) is 13.7 Å². The van der Waals surface area contributed by atoms with Crippen LogP contribution in [0.25, 0.3) is 0 Å². The Morgan fingerprint density at radius 3 is 2.65 bits per heavy atom. The van der Waals surface area contributed by atoms with Crippen LogP contribution in [-0.2, 0) is 11.2 Å². The van der Waals surface area contributed by atoms with Crippen LogP contribution in [0.5, 0.6) is 0 Å². The van der Waals surface area contributed by atoms with Crippen LogP contribution in [0.2, 0.25) is 0 Å². The van der Waals surface area contributed by atoms with E-state index in [4.69, 9.17) is 4.74 Å². The topological polar surface area (TPSA) is 21.3 Å². The van der Waals surface area contributed by atoms with Gasteiger partial charge in [-0.3, -0.25) is 0 Å². The van der Waals surface area contributed by atoms with Crippen LogP contribution in [0, 0.1) is 17.6 Å². The van der Waals surface area contributed by atoms with E-state index in [-0.39, 0.29) is 10.3 Å². The smallest absolute Gasteiger partial charge is 0.137 e. The molecule has 0 saturated carbocycles. The summed E-state index contributed by atoms with van der Waals surface area (Å²) in [5, 5.41) is 3.28. The van der Waals surface area contributed by atoms with Crippen molar-refractivity contribution in [2.75, 3.05) is 26.8 Å². The number of hydrogen-bond donors (Lipinski definition) is 1. The van der Waals surface area contributed by atoms with Gasteiger partial charge >= 0.3 is 0 Å². The summed E-state index contributed by atoms with van der Waals surface area (Å²) in [7, 11) is 1.68. The lowest BCUT2D eigenvalue weighted by Gasteiger charge is -2.12. The van der Waals surface area contributed by atoms with E-state index in [1.807, 2.05) is 0 Å². The molecule has 1 rings (SSSR count). The van der Waals surface area contributed by atoms with Crippen molar-refractivity contribution in [1.82, 2.24) is 5.32 Å². The molecule has 0 radical (unpaired) electrons. The number of aryl methyl sites for hydroxylation is 1. The predicted octanol–water partition coefficient (Wildman–Crippen LogP) is 3.92. The number of nitrogens with one attached hydrogen (secondary N) is 1. The summed E-state index contributed by atoms with van der Waals surface area (Å²) in [6, 6.07) is 2.48. The third kappa shape index (κ3) is 6.29. The van der Waals surface area contributed by atoms with E-state index in [2.05, 4.69) is 28.2 Å². The van der Waals surface area contributed by atoms with E-state index < -0.39 is 5.82 Å². The molecule has 1 N–H and O–H groups in total.